The number of pyridine rings is 1. The number of rotatable bonds is 10. The van der Waals surface area contributed by atoms with Crippen molar-refractivity contribution in [2.75, 3.05) is 54.4 Å². The summed E-state index contributed by atoms with van der Waals surface area (Å²) in [4.78, 5) is 87.0. The molecule has 2 atom stereocenters. The molecule has 0 saturated carbocycles. The molecular formula is C47H49N11O5. The molecule has 4 saturated heterocycles. The number of piperidine rings is 2. The lowest BCUT2D eigenvalue weighted by Crippen LogP contribution is -2.74. The number of allylic oxidation sites excluding steroid dienone is 1. The number of amides is 4. The first-order chi connectivity index (χ1) is 30.6. The molecule has 11 rings (SSSR count). The number of hydrogen-bond donors (Lipinski definition) is 2. The number of aromatic nitrogens is 5. The maximum atomic E-state index is 13.5. The summed E-state index contributed by atoms with van der Waals surface area (Å²) in [5.41, 5.74) is 6.56. The zero-order valence-corrected chi connectivity index (χ0v) is 35.3. The monoisotopic (exact) mass is 847 g/mol. The van der Waals surface area contributed by atoms with E-state index in [9.17, 15) is 24.0 Å². The highest BCUT2D eigenvalue weighted by Gasteiger charge is 2.53. The summed E-state index contributed by atoms with van der Waals surface area (Å²) < 4.78 is 3.42. The van der Waals surface area contributed by atoms with Crippen molar-refractivity contribution in [1.29, 1.82) is 0 Å². The number of carbonyl (C=O) groups is 4. The molecule has 6 aliphatic rings. The van der Waals surface area contributed by atoms with Gasteiger partial charge in [-0.05, 0) is 92.6 Å². The van der Waals surface area contributed by atoms with E-state index in [1.807, 2.05) is 24.3 Å². The van der Waals surface area contributed by atoms with Crippen molar-refractivity contribution in [2.45, 2.75) is 76.4 Å². The van der Waals surface area contributed by atoms with Gasteiger partial charge in [0.25, 0.3) is 17.4 Å². The predicted octanol–water partition coefficient (Wildman–Crippen LogP) is 4.54. The van der Waals surface area contributed by atoms with Crippen molar-refractivity contribution in [1.82, 2.24) is 39.4 Å². The van der Waals surface area contributed by atoms with Gasteiger partial charge in [-0.1, -0.05) is 19.1 Å². The van der Waals surface area contributed by atoms with Crippen molar-refractivity contribution in [3.8, 4) is 5.82 Å². The summed E-state index contributed by atoms with van der Waals surface area (Å²) in [6.45, 7) is 12.3. The Bertz CT molecular complexity index is 2790. The highest BCUT2D eigenvalue weighted by molar-refractivity contribution is 6.23. The molecule has 4 amide bonds. The number of fused-ring (bicyclic) bond motifs is 3. The van der Waals surface area contributed by atoms with Crippen molar-refractivity contribution in [3.63, 3.8) is 0 Å². The van der Waals surface area contributed by atoms with E-state index >= 15 is 0 Å². The summed E-state index contributed by atoms with van der Waals surface area (Å²) in [6, 6.07) is 17.4. The Balaban J connectivity index is 0.692. The first-order valence-corrected chi connectivity index (χ1v) is 22.2. The number of benzene rings is 2. The third-order valence-electron chi connectivity index (χ3n) is 14.2. The maximum absolute atomic E-state index is 13.5. The summed E-state index contributed by atoms with van der Waals surface area (Å²) in [6.07, 6.45) is 8.71. The van der Waals surface area contributed by atoms with Crippen molar-refractivity contribution in [3.05, 3.63) is 106 Å². The van der Waals surface area contributed by atoms with Gasteiger partial charge in [-0.25, -0.2) is 19.3 Å². The standard InChI is InChI=1S/C47H49N11O5/c1-3-19-56-43(61)36-23-48-46(52-41(36)58(56)38-15-7-29-6-5-28(4-2)40(29)50-38)49-30-8-10-31(11-9-30)54-24-47(25-54)26-55(27-47)32-17-20-53(21-18-32)33-12-13-34-35(22-33)45(63)57(44(34)62)37-14-16-39(59)51-42(37)60/h3,7-13,15,22-23,28,32,37H,1,4-6,14,16-21,24-27H2,2H3,(H,48,49,52)(H,51,59,60). The fourth-order valence-electron chi connectivity index (χ4n) is 10.9. The number of nitrogens with one attached hydrogen (secondary N) is 2. The number of hydrogen-bond acceptors (Lipinski definition) is 12. The first-order valence-electron chi connectivity index (χ1n) is 22.2. The lowest BCUT2D eigenvalue weighted by Gasteiger charge is -2.63. The molecule has 3 aromatic heterocycles. The molecule has 2 aromatic carbocycles. The molecule has 0 bridgehead atoms. The van der Waals surface area contributed by atoms with Crippen LogP contribution in [-0.4, -0.2) is 109 Å². The van der Waals surface area contributed by atoms with Crippen LogP contribution in [0.3, 0.4) is 0 Å². The average Bonchev–Trinajstić information content (AvgIpc) is 3.88. The molecule has 322 valence electrons. The van der Waals surface area contributed by atoms with Crippen LogP contribution in [0.15, 0.2) is 78.2 Å². The van der Waals surface area contributed by atoms with Gasteiger partial charge in [0.2, 0.25) is 17.8 Å². The third-order valence-corrected chi connectivity index (χ3v) is 14.2. The van der Waals surface area contributed by atoms with Gasteiger partial charge in [-0.2, -0.15) is 4.98 Å². The van der Waals surface area contributed by atoms with Crippen LogP contribution in [0.25, 0.3) is 16.9 Å². The maximum Gasteiger partial charge on any atom is 0.278 e. The van der Waals surface area contributed by atoms with E-state index in [-0.39, 0.29) is 24.3 Å². The molecule has 2 unspecified atom stereocenters. The number of imide groups is 2. The van der Waals surface area contributed by atoms with Crippen molar-refractivity contribution in [2.24, 2.45) is 5.41 Å². The fraction of sp³-hybridized carbons (Fsp3) is 0.404. The van der Waals surface area contributed by atoms with Gasteiger partial charge in [-0.15, -0.1) is 6.58 Å². The molecule has 4 fully saturated rings. The van der Waals surface area contributed by atoms with Gasteiger partial charge in [0.1, 0.15) is 11.4 Å². The van der Waals surface area contributed by atoms with Gasteiger partial charge in [0, 0.05) is 92.0 Å². The van der Waals surface area contributed by atoms with Crippen LogP contribution >= 0.6 is 0 Å². The van der Waals surface area contributed by atoms with Gasteiger partial charge >= 0.3 is 0 Å². The lowest BCUT2D eigenvalue weighted by atomic mass is 9.71. The van der Waals surface area contributed by atoms with E-state index in [1.165, 1.54) is 11.3 Å². The van der Waals surface area contributed by atoms with Crippen molar-refractivity contribution >= 4 is 57.7 Å². The number of likely N-dealkylation sites (tertiary alicyclic amines) is 1. The third kappa shape index (κ3) is 6.52. The Morgan fingerprint density at radius 2 is 1.60 bits per heavy atom. The Kier molecular flexibility index (Phi) is 9.33. The fourth-order valence-corrected chi connectivity index (χ4v) is 10.9. The minimum Gasteiger partial charge on any atom is -0.371 e. The van der Waals surface area contributed by atoms with Crippen LogP contribution < -0.4 is 26.0 Å². The number of anilines is 4. The van der Waals surface area contributed by atoms with E-state index < -0.39 is 23.8 Å². The van der Waals surface area contributed by atoms with Gasteiger partial charge in [-0.3, -0.25) is 39.1 Å². The van der Waals surface area contributed by atoms with Crippen LogP contribution in [0.2, 0.25) is 0 Å². The quantitative estimate of drug-likeness (QED) is 0.149. The van der Waals surface area contributed by atoms with Crippen LogP contribution in [0.5, 0.6) is 0 Å². The number of aryl methyl sites for hydroxylation is 1. The van der Waals surface area contributed by atoms with E-state index in [0.717, 1.165) is 93.3 Å². The Hall–Kier alpha value is -6.68. The summed E-state index contributed by atoms with van der Waals surface area (Å²) in [5, 5.41) is 6.03. The number of nitrogens with zero attached hydrogens (tertiary/aromatic N) is 9. The average molecular weight is 848 g/mol. The minimum atomic E-state index is -0.969. The Labute approximate surface area is 363 Å². The highest BCUT2D eigenvalue weighted by Crippen LogP contribution is 2.44. The van der Waals surface area contributed by atoms with Crippen LogP contribution in [0.1, 0.15) is 83.3 Å². The first kappa shape index (κ1) is 39.2. The molecule has 1 spiro atoms. The van der Waals surface area contributed by atoms with Crippen LogP contribution in [-0.2, 0) is 22.6 Å². The van der Waals surface area contributed by atoms with E-state index in [4.69, 9.17) is 9.97 Å². The zero-order chi connectivity index (χ0) is 43.1. The number of carbonyl (C=O) groups excluding carboxylic acids is 4. The molecule has 2 N–H and O–H groups in total. The Morgan fingerprint density at radius 1 is 0.841 bits per heavy atom. The Morgan fingerprint density at radius 3 is 2.35 bits per heavy atom. The van der Waals surface area contributed by atoms with Crippen LogP contribution in [0, 0.1) is 5.41 Å². The topological polar surface area (TPSA) is 171 Å². The molecule has 16 heteroatoms. The lowest BCUT2D eigenvalue weighted by molar-refractivity contribution is -0.136. The van der Waals surface area contributed by atoms with Gasteiger partial charge in [0.15, 0.2) is 11.5 Å². The molecule has 1 aliphatic carbocycles. The minimum absolute atomic E-state index is 0.0953. The van der Waals surface area contributed by atoms with Gasteiger partial charge in [0.05, 0.1) is 17.7 Å². The second kappa shape index (κ2) is 15.0. The second-order valence-corrected chi connectivity index (χ2v) is 18.1. The molecule has 0 radical (unpaired) electrons. The smallest absolute Gasteiger partial charge is 0.278 e. The largest absolute Gasteiger partial charge is 0.371 e. The molecular weight excluding hydrogens is 799 g/mol. The summed E-state index contributed by atoms with van der Waals surface area (Å²) >= 11 is 0. The summed E-state index contributed by atoms with van der Waals surface area (Å²) in [7, 11) is 0. The van der Waals surface area contributed by atoms with Gasteiger partial charge < -0.3 is 15.1 Å². The SMILES string of the molecule is C=CCn1c(=O)c2cnc(Nc3ccc(N4CC5(C4)CN(C4CCN(c6ccc7c(c6)C(=O)N(C6CCC(=O)NC6=O)C7=O)CC4)C5)cc3)nc2n1-c1ccc2c(n1)C(CC)CC2. The van der Waals surface area contributed by atoms with Crippen molar-refractivity contribution < 1.29 is 19.2 Å². The molecule has 5 aliphatic heterocycles. The normalized spacial score (nSPS) is 22.0. The molecule has 5 aromatic rings. The molecule has 8 heterocycles. The molecule has 16 nitrogen and oxygen atoms in total. The zero-order valence-electron chi connectivity index (χ0n) is 35.3. The van der Waals surface area contributed by atoms with E-state index in [0.29, 0.717) is 57.8 Å². The predicted molar refractivity (Wildman–Crippen MR) is 237 cm³/mol. The van der Waals surface area contributed by atoms with E-state index in [1.54, 1.807) is 33.8 Å². The summed E-state index contributed by atoms with van der Waals surface area (Å²) in [5.74, 6) is -0.471. The second-order valence-electron chi connectivity index (χ2n) is 18.1. The molecule has 63 heavy (non-hydrogen) atoms. The van der Waals surface area contributed by atoms with Crippen LogP contribution in [0.4, 0.5) is 23.0 Å². The highest BCUT2D eigenvalue weighted by atomic mass is 16.2. The van der Waals surface area contributed by atoms with E-state index in [2.05, 4.69) is 62.0 Å².